The standard InChI is InChI=1S/C8H13N3O2/c1-9-5-6-4-7(8(12)13-3)10-11(6)2/h4,9H,5H2,1-3H3. The van der Waals surface area contributed by atoms with Gasteiger partial charge in [0, 0.05) is 13.6 Å². The Bertz CT molecular complexity index is 306. The average Bonchev–Trinajstić information content (AvgIpc) is 2.47. The Kier molecular flexibility index (Phi) is 3.02. The maximum Gasteiger partial charge on any atom is 0.358 e. The number of nitrogens with zero attached hydrogens (tertiary/aromatic N) is 2. The fourth-order valence-electron chi connectivity index (χ4n) is 1.06. The Hall–Kier alpha value is -1.36. The van der Waals surface area contributed by atoms with Crippen molar-refractivity contribution in [3.63, 3.8) is 0 Å². The Labute approximate surface area is 76.7 Å². The highest BCUT2D eigenvalue weighted by Crippen LogP contribution is 2.03. The third-order valence-electron chi connectivity index (χ3n) is 1.73. The zero-order valence-electron chi connectivity index (χ0n) is 8.00. The molecule has 0 radical (unpaired) electrons. The molecule has 0 saturated heterocycles. The van der Waals surface area contributed by atoms with Crippen LogP contribution in [0.2, 0.25) is 0 Å². The summed E-state index contributed by atoms with van der Waals surface area (Å²) in [7, 11) is 4.97. The second-order valence-corrected chi connectivity index (χ2v) is 2.67. The summed E-state index contributed by atoms with van der Waals surface area (Å²) in [4.78, 5) is 11.1. The van der Waals surface area contributed by atoms with Crippen LogP contribution in [0.25, 0.3) is 0 Å². The summed E-state index contributed by atoms with van der Waals surface area (Å²) in [5, 5.41) is 6.98. The normalized spacial score (nSPS) is 10.1. The molecule has 0 aliphatic rings. The number of carbonyl (C=O) groups excluding carboxylic acids is 1. The van der Waals surface area contributed by atoms with Crippen molar-refractivity contribution in [3.8, 4) is 0 Å². The molecule has 0 saturated carbocycles. The molecule has 0 fully saturated rings. The molecule has 0 aromatic carbocycles. The van der Waals surface area contributed by atoms with Crippen molar-refractivity contribution in [2.24, 2.45) is 7.05 Å². The first-order valence-electron chi connectivity index (χ1n) is 3.95. The van der Waals surface area contributed by atoms with E-state index < -0.39 is 5.97 Å². The van der Waals surface area contributed by atoms with Gasteiger partial charge in [0.05, 0.1) is 12.8 Å². The molecule has 0 atom stereocenters. The second-order valence-electron chi connectivity index (χ2n) is 2.67. The first-order valence-corrected chi connectivity index (χ1v) is 3.95. The van der Waals surface area contributed by atoms with E-state index in [0.717, 1.165) is 5.69 Å². The molecular formula is C8H13N3O2. The largest absolute Gasteiger partial charge is 0.464 e. The van der Waals surface area contributed by atoms with E-state index in [2.05, 4.69) is 15.2 Å². The predicted molar refractivity (Wildman–Crippen MR) is 47.3 cm³/mol. The number of hydrogen-bond donors (Lipinski definition) is 1. The van der Waals surface area contributed by atoms with Gasteiger partial charge in [0.1, 0.15) is 0 Å². The Morgan fingerprint density at radius 1 is 1.77 bits per heavy atom. The second kappa shape index (κ2) is 4.04. The van der Waals surface area contributed by atoms with E-state index in [-0.39, 0.29) is 0 Å². The first kappa shape index (κ1) is 9.73. The molecule has 1 heterocycles. The van der Waals surface area contributed by atoms with Gasteiger partial charge in [-0.05, 0) is 13.1 Å². The summed E-state index contributed by atoms with van der Waals surface area (Å²) in [5.74, 6) is -0.405. The van der Waals surface area contributed by atoms with E-state index in [1.54, 1.807) is 17.8 Å². The van der Waals surface area contributed by atoms with Crippen LogP contribution in [-0.2, 0) is 18.3 Å². The quantitative estimate of drug-likeness (QED) is 0.666. The minimum atomic E-state index is -0.405. The zero-order chi connectivity index (χ0) is 9.84. The molecule has 5 heteroatoms. The molecule has 0 aliphatic carbocycles. The molecule has 0 unspecified atom stereocenters. The van der Waals surface area contributed by atoms with E-state index in [9.17, 15) is 4.79 Å². The highest BCUT2D eigenvalue weighted by atomic mass is 16.5. The zero-order valence-corrected chi connectivity index (χ0v) is 8.00. The third-order valence-corrected chi connectivity index (χ3v) is 1.73. The predicted octanol–water partition coefficient (Wildman–Crippen LogP) is -0.0739. The maximum absolute atomic E-state index is 11.1. The van der Waals surface area contributed by atoms with Crippen molar-refractivity contribution in [3.05, 3.63) is 17.5 Å². The van der Waals surface area contributed by atoms with Crippen LogP contribution in [0.5, 0.6) is 0 Å². The van der Waals surface area contributed by atoms with E-state index in [0.29, 0.717) is 12.2 Å². The molecule has 1 aromatic heterocycles. The highest BCUT2D eigenvalue weighted by molar-refractivity contribution is 5.87. The number of ether oxygens (including phenoxy) is 1. The molecule has 1 aromatic rings. The van der Waals surface area contributed by atoms with Crippen LogP contribution >= 0.6 is 0 Å². The Morgan fingerprint density at radius 2 is 2.46 bits per heavy atom. The number of esters is 1. The fourth-order valence-corrected chi connectivity index (χ4v) is 1.06. The number of rotatable bonds is 3. The molecule has 0 amide bonds. The van der Waals surface area contributed by atoms with E-state index >= 15 is 0 Å². The van der Waals surface area contributed by atoms with Gasteiger partial charge in [-0.25, -0.2) is 4.79 Å². The van der Waals surface area contributed by atoms with Gasteiger partial charge in [0.25, 0.3) is 0 Å². The van der Waals surface area contributed by atoms with Crippen LogP contribution in [0.4, 0.5) is 0 Å². The molecular weight excluding hydrogens is 170 g/mol. The van der Waals surface area contributed by atoms with Crippen LogP contribution in [0.15, 0.2) is 6.07 Å². The molecule has 1 N–H and O–H groups in total. The summed E-state index contributed by atoms with van der Waals surface area (Å²) in [6.45, 7) is 0.681. The van der Waals surface area contributed by atoms with Crippen molar-refractivity contribution in [1.82, 2.24) is 15.1 Å². The van der Waals surface area contributed by atoms with Gasteiger partial charge < -0.3 is 10.1 Å². The number of carbonyl (C=O) groups is 1. The van der Waals surface area contributed by atoms with E-state index in [1.165, 1.54) is 7.11 Å². The lowest BCUT2D eigenvalue weighted by atomic mass is 10.3. The average molecular weight is 183 g/mol. The summed E-state index contributed by atoms with van der Waals surface area (Å²) in [5.41, 5.74) is 1.29. The lowest BCUT2D eigenvalue weighted by Crippen LogP contribution is -2.09. The van der Waals surface area contributed by atoms with Gasteiger partial charge in [-0.2, -0.15) is 5.10 Å². The number of aromatic nitrogens is 2. The lowest BCUT2D eigenvalue weighted by Gasteiger charge is -1.97. The van der Waals surface area contributed by atoms with Crippen molar-refractivity contribution < 1.29 is 9.53 Å². The van der Waals surface area contributed by atoms with Crippen LogP contribution in [0, 0.1) is 0 Å². The van der Waals surface area contributed by atoms with Crippen LogP contribution in [-0.4, -0.2) is 29.9 Å². The molecule has 5 nitrogen and oxygen atoms in total. The van der Waals surface area contributed by atoms with Gasteiger partial charge >= 0.3 is 5.97 Å². The molecule has 0 aliphatic heterocycles. The molecule has 13 heavy (non-hydrogen) atoms. The molecule has 1 rings (SSSR count). The van der Waals surface area contributed by atoms with E-state index in [4.69, 9.17) is 0 Å². The van der Waals surface area contributed by atoms with Gasteiger partial charge in [-0.3, -0.25) is 4.68 Å². The lowest BCUT2D eigenvalue weighted by molar-refractivity contribution is 0.0593. The van der Waals surface area contributed by atoms with Gasteiger partial charge in [-0.15, -0.1) is 0 Å². The van der Waals surface area contributed by atoms with E-state index in [1.807, 2.05) is 7.05 Å². The molecule has 72 valence electrons. The van der Waals surface area contributed by atoms with Crippen LogP contribution in [0.1, 0.15) is 16.2 Å². The smallest absolute Gasteiger partial charge is 0.358 e. The van der Waals surface area contributed by atoms with Gasteiger partial charge in [0.15, 0.2) is 5.69 Å². The van der Waals surface area contributed by atoms with Gasteiger partial charge in [-0.1, -0.05) is 0 Å². The highest BCUT2D eigenvalue weighted by Gasteiger charge is 2.11. The van der Waals surface area contributed by atoms with Crippen molar-refractivity contribution in [2.75, 3.05) is 14.2 Å². The maximum atomic E-state index is 11.1. The topological polar surface area (TPSA) is 56.1 Å². The monoisotopic (exact) mass is 183 g/mol. The first-order chi connectivity index (χ1) is 6.19. The van der Waals surface area contributed by atoms with Crippen LogP contribution < -0.4 is 5.32 Å². The summed E-state index contributed by atoms with van der Waals surface area (Å²) in [6.07, 6.45) is 0. The Balaban J connectivity index is 2.88. The summed E-state index contributed by atoms with van der Waals surface area (Å²) < 4.78 is 6.20. The third kappa shape index (κ3) is 2.06. The fraction of sp³-hybridized carbons (Fsp3) is 0.500. The number of nitrogens with one attached hydrogen (secondary N) is 1. The summed E-state index contributed by atoms with van der Waals surface area (Å²) in [6, 6.07) is 1.71. The van der Waals surface area contributed by atoms with Crippen molar-refractivity contribution in [2.45, 2.75) is 6.54 Å². The minimum absolute atomic E-state index is 0.343. The van der Waals surface area contributed by atoms with Crippen molar-refractivity contribution >= 4 is 5.97 Å². The molecule has 0 bridgehead atoms. The summed E-state index contributed by atoms with van der Waals surface area (Å²) >= 11 is 0. The van der Waals surface area contributed by atoms with Crippen molar-refractivity contribution in [1.29, 1.82) is 0 Å². The van der Waals surface area contributed by atoms with Gasteiger partial charge in [0.2, 0.25) is 0 Å². The minimum Gasteiger partial charge on any atom is -0.464 e. The SMILES string of the molecule is CNCc1cc(C(=O)OC)nn1C. The Morgan fingerprint density at radius 3 is 3.00 bits per heavy atom. The number of methoxy groups -OCH3 is 1. The number of aryl methyl sites for hydroxylation is 1. The molecule has 0 spiro atoms. The van der Waals surface area contributed by atoms with Crippen LogP contribution in [0.3, 0.4) is 0 Å². The number of hydrogen-bond acceptors (Lipinski definition) is 4.